The Labute approximate surface area is 120 Å². The molecule has 0 saturated heterocycles. The van der Waals surface area contributed by atoms with Gasteiger partial charge in [-0.25, -0.2) is 0 Å². The third-order valence-corrected chi connectivity index (χ3v) is 4.13. The molecule has 0 bridgehead atoms. The molecule has 0 heterocycles. The maximum absolute atomic E-state index is 9.99. The fraction of sp³-hybridized carbons (Fsp3) is 0.333. The van der Waals surface area contributed by atoms with E-state index in [0.717, 1.165) is 25.9 Å². The quantitative estimate of drug-likeness (QED) is 0.899. The van der Waals surface area contributed by atoms with E-state index in [2.05, 4.69) is 53.4 Å². The van der Waals surface area contributed by atoms with Crippen LogP contribution in [0.1, 0.15) is 24.0 Å². The van der Waals surface area contributed by atoms with Crippen LogP contribution in [-0.4, -0.2) is 22.2 Å². The van der Waals surface area contributed by atoms with E-state index in [1.54, 1.807) is 0 Å². The van der Waals surface area contributed by atoms with Crippen molar-refractivity contribution in [3.8, 4) is 0 Å². The Kier molecular flexibility index (Phi) is 4.14. The SMILES string of the molecule is OC1CCC1N(Cc1ccccc1)Cc1ccccc1. The Morgan fingerprint density at radius 3 is 1.65 bits per heavy atom. The van der Waals surface area contributed by atoms with Gasteiger partial charge in [0.1, 0.15) is 0 Å². The summed E-state index contributed by atoms with van der Waals surface area (Å²) in [6, 6.07) is 21.3. The molecule has 0 aliphatic heterocycles. The lowest BCUT2D eigenvalue weighted by Gasteiger charge is -2.41. The van der Waals surface area contributed by atoms with Crippen LogP contribution < -0.4 is 0 Å². The van der Waals surface area contributed by atoms with E-state index in [0.29, 0.717) is 6.04 Å². The highest BCUT2D eigenvalue weighted by Gasteiger charge is 2.33. The number of nitrogens with zero attached hydrogens (tertiary/aromatic N) is 1. The normalized spacial score (nSPS) is 21.7. The van der Waals surface area contributed by atoms with Crippen LogP contribution in [0.4, 0.5) is 0 Å². The van der Waals surface area contributed by atoms with Gasteiger partial charge in [-0.15, -0.1) is 0 Å². The molecule has 3 rings (SSSR count). The Morgan fingerprint density at radius 1 is 0.800 bits per heavy atom. The summed E-state index contributed by atoms with van der Waals surface area (Å²) in [6.07, 6.45) is 1.87. The monoisotopic (exact) mass is 267 g/mol. The maximum Gasteiger partial charge on any atom is 0.0696 e. The van der Waals surface area contributed by atoms with Gasteiger partial charge in [-0.3, -0.25) is 4.90 Å². The molecule has 1 aliphatic carbocycles. The fourth-order valence-corrected chi connectivity index (χ4v) is 2.82. The highest BCUT2D eigenvalue weighted by molar-refractivity contribution is 5.17. The minimum atomic E-state index is -0.164. The molecule has 0 spiro atoms. The lowest BCUT2D eigenvalue weighted by atomic mass is 9.87. The molecule has 1 fully saturated rings. The highest BCUT2D eigenvalue weighted by Crippen LogP contribution is 2.28. The topological polar surface area (TPSA) is 23.5 Å². The van der Waals surface area contributed by atoms with Crippen molar-refractivity contribution in [1.29, 1.82) is 0 Å². The van der Waals surface area contributed by atoms with Gasteiger partial charge in [-0.2, -0.15) is 0 Å². The molecule has 1 saturated carbocycles. The van der Waals surface area contributed by atoms with Gasteiger partial charge in [-0.05, 0) is 24.0 Å². The standard InChI is InChI=1S/C18H21NO/c20-18-12-11-17(18)19(13-15-7-3-1-4-8-15)14-16-9-5-2-6-10-16/h1-10,17-18,20H,11-14H2. The first-order valence-corrected chi connectivity index (χ1v) is 7.33. The number of hydrogen-bond donors (Lipinski definition) is 1. The van der Waals surface area contributed by atoms with Gasteiger partial charge in [0.15, 0.2) is 0 Å². The van der Waals surface area contributed by atoms with E-state index < -0.39 is 0 Å². The average Bonchev–Trinajstić information content (AvgIpc) is 2.48. The van der Waals surface area contributed by atoms with Gasteiger partial charge in [0.05, 0.1) is 6.10 Å². The molecule has 0 aromatic heterocycles. The van der Waals surface area contributed by atoms with Crippen molar-refractivity contribution in [3.63, 3.8) is 0 Å². The van der Waals surface area contributed by atoms with Crippen molar-refractivity contribution in [1.82, 2.24) is 4.90 Å². The van der Waals surface area contributed by atoms with Crippen LogP contribution in [0.3, 0.4) is 0 Å². The molecular formula is C18H21NO. The van der Waals surface area contributed by atoms with Crippen LogP contribution in [0, 0.1) is 0 Å². The third kappa shape index (κ3) is 3.09. The van der Waals surface area contributed by atoms with Crippen LogP contribution in [0.5, 0.6) is 0 Å². The van der Waals surface area contributed by atoms with Crippen LogP contribution in [0.15, 0.2) is 60.7 Å². The van der Waals surface area contributed by atoms with Crippen molar-refractivity contribution >= 4 is 0 Å². The molecule has 2 heteroatoms. The molecule has 0 radical (unpaired) electrons. The van der Waals surface area contributed by atoms with Gasteiger partial charge in [0.2, 0.25) is 0 Å². The summed E-state index contributed by atoms with van der Waals surface area (Å²) in [5.74, 6) is 0. The minimum Gasteiger partial charge on any atom is -0.391 e. The first kappa shape index (κ1) is 13.3. The minimum absolute atomic E-state index is 0.164. The van der Waals surface area contributed by atoms with Gasteiger partial charge in [0, 0.05) is 19.1 Å². The van der Waals surface area contributed by atoms with E-state index in [9.17, 15) is 5.11 Å². The smallest absolute Gasteiger partial charge is 0.0696 e. The van der Waals surface area contributed by atoms with Crippen LogP contribution in [0.25, 0.3) is 0 Å². The van der Waals surface area contributed by atoms with Gasteiger partial charge in [0.25, 0.3) is 0 Å². The zero-order chi connectivity index (χ0) is 13.8. The maximum atomic E-state index is 9.99. The number of rotatable bonds is 5. The summed E-state index contributed by atoms with van der Waals surface area (Å²) in [5, 5.41) is 9.99. The number of hydrogen-bond acceptors (Lipinski definition) is 2. The second kappa shape index (κ2) is 6.21. The summed E-state index contributed by atoms with van der Waals surface area (Å²) in [6.45, 7) is 1.80. The summed E-state index contributed by atoms with van der Waals surface area (Å²) in [4.78, 5) is 2.40. The predicted molar refractivity (Wildman–Crippen MR) is 81.2 cm³/mol. The summed E-state index contributed by atoms with van der Waals surface area (Å²) in [5.41, 5.74) is 2.62. The van der Waals surface area contributed by atoms with Gasteiger partial charge in [-0.1, -0.05) is 60.7 Å². The molecule has 1 N–H and O–H groups in total. The van der Waals surface area contributed by atoms with Crippen LogP contribution >= 0.6 is 0 Å². The highest BCUT2D eigenvalue weighted by atomic mass is 16.3. The summed E-state index contributed by atoms with van der Waals surface area (Å²) < 4.78 is 0. The van der Waals surface area contributed by atoms with Crippen LogP contribution in [-0.2, 0) is 13.1 Å². The number of aliphatic hydroxyl groups excluding tert-OH is 1. The van der Waals surface area contributed by atoms with E-state index in [1.165, 1.54) is 11.1 Å². The molecule has 2 aromatic rings. The molecule has 2 unspecified atom stereocenters. The van der Waals surface area contributed by atoms with Crippen LogP contribution in [0.2, 0.25) is 0 Å². The molecule has 0 amide bonds. The Bertz CT molecular complexity index is 484. The largest absolute Gasteiger partial charge is 0.391 e. The van der Waals surface area contributed by atoms with E-state index >= 15 is 0 Å². The zero-order valence-electron chi connectivity index (χ0n) is 11.7. The predicted octanol–water partition coefficient (Wildman–Crippen LogP) is 3.21. The van der Waals surface area contributed by atoms with Crippen molar-refractivity contribution < 1.29 is 5.11 Å². The second-order valence-electron chi connectivity index (χ2n) is 5.59. The zero-order valence-corrected chi connectivity index (χ0v) is 11.7. The third-order valence-electron chi connectivity index (χ3n) is 4.13. The summed E-state index contributed by atoms with van der Waals surface area (Å²) in [7, 11) is 0. The molecule has 1 aliphatic rings. The Balaban J connectivity index is 1.74. The Morgan fingerprint density at radius 2 is 1.30 bits per heavy atom. The first-order valence-electron chi connectivity index (χ1n) is 7.33. The van der Waals surface area contributed by atoms with Crippen molar-refractivity contribution in [3.05, 3.63) is 71.8 Å². The van der Waals surface area contributed by atoms with E-state index in [1.807, 2.05) is 12.1 Å². The van der Waals surface area contributed by atoms with E-state index in [-0.39, 0.29) is 6.10 Å². The molecule has 104 valence electrons. The average molecular weight is 267 g/mol. The lowest BCUT2D eigenvalue weighted by Crippen LogP contribution is -2.49. The van der Waals surface area contributed by atoms with Crippen molar-refractivity contribution in [2.75, 3.05) is 0 Å². The van der Waals surface area contributed by atoms with Crippen molar-refractivity contribution in [2.24, 2.45) is 0 Å². The molecule has 2 aromatic carbocycles. The lowest BCUT2D eigenvalue weighted by molar-refractivity contribution is -0.0288. The Hall–Kier alpha value is -1.64. The molecular weight excluding hydrogens is 246 g/mol. The molecule has 2 atom stereocenters. The fourth-order valence-electron chi connectivity index (χ4n) is 2.82. The van der Waals surface area contributed by atoms with Crippen molar-refractivity contribution in [2.45, 2.75) is 38.1 Å². The first-order chi connectivity index (χ1) is 9.83. The summed E-state index contributed by atoms with van der Waals surface area (Å²) >= 11 is 0. The number of benzene rings is 2. The van der Waals surface area contributed by atoms with Gasteiger partial charge >= 0.3 is 0 Å². The second-order valence-corrected chi connectivity index (χ2v) is 5.59. The molecule has 2 nitrogen and oxygen atoms in total. The molecule has 20 heavy (non-hydrogen) atoms. The van der Waals surface area contributed by atoms with Gasteiger partial charge < -0.3 is 5.11 Å². The van der Waals surface area contributed by atoms with E-state index in [4.69, 9.17) is 0 Å². The number of aliphatic hydroxyl groups is 1.